The Morgan fingerprint density at radius 1 is 1.50 bits per heavy atom. The molecule has 2 aromatic rings. The molecule has 0 saturated carbocycles. The lowest BCUT2D eigenvalue weighted by atomic mass is 10.1. The maximum atomic E-state index is 12.7. The molecule has 1 aliphatic rings. The Morgan fingerprint density at radius 2 is 2.23 bits per heavy atom. The average Bonchev–Trinajstić information content (AvgIpc) is 3.15. The zero-order chi connectivity index (χ0) is 22.0. The van der Waals surface area contributed by atoms with Gasteiger partial charge in [-0.1, -0.05) is 11.3 Å². The van der Waals surface area contributed by atoms with Crippen molar-refractivity contribution in [3.63, 3.8) is 0 Å². The van der Waals surface area contributed by atoms with Gasteiger partial charge in [0.1, 0.15) is 12.2 Å². The lowest BCUT2D eigenvalue weighted by Crippen LogP contribution is -2.38. The highest BCUT2D eigenvalue weighted by Crippen LogP contribution is 2.34. The summed E-state index contributed by atoms with van der Waals surface area (Å²) >= 11 is 0.865. The summed E-state index contributed by atoms with van der Waals surface area (Å²) in [7, 11) is 3.56. The molecule has 0 aromatic carbocycles. The van der Waals surface area contributed by atoms with E-state index in [0.717, 1.165) is 15.9 Å². The first kappa shape index (κ1) is 22.1. The monoisotopic (exact) mass is 441 g/mol. The summed E-state index contributed by atoms with van der Waals surface area (Å²) in [5, 5.41) is 20.0. The molecule has 0 radical (unpaired) electrons. The van der Waals surface area contributed by atoms with Crippen LogP contribution in [0.3, 0.4) is 0 Å². The molecule has 0 spiro atoms. The van der Waals surface area contributed by atoms with Gasteiger partial charge in [0.2, 0.25) is 0 Å². The van der Waals surface area contributed by atoms with Crippen molar-refractivity contribution < 1.29 is 29.2 Å². The van der Waals surface area contributed by atoms with Gasteiger partial charge in [-0.3, -0.25) is 9.36 Å². The van der Waals surface area contributed by atoms with Gasteiger partial charge in [0.25, 0.3) is 5.95 Å². The molecule has 0 amide bonds. The summed E-state index contributed by atoms with van der Waals surface area (Å²) in [6.45, 7) is 2.74. The van der Waals surface area contributed by atoms with Crippen molar-refractivity contribution in [1.82, 2.24) is 19.4 Å². The molecule has 1 aliphatic heterocycles. The van der Waals surface area contributed by atoms with Crippen molar-refractivity contribution in [1.29, 1.82) is 0 Å². The first-order valence-corrected chi connectivity index (χ1v) is 9.93. The lowest BCUT2D eigenvalue weighted by Gasteiger charge is -2.21. The minimum absolute atomic E-state index is 0.108. The number of aliphatic imine (C=N–C) groups is 1. The number of aliphatic hydroxyl groups is 2. The number of fused-ring (bicyclic) bond motifs is 1. The number of carbonyl (C=O) groups is 1. The summed E-state index contributed by atoms with van der Waals surface area (Å²) in [6.07, 6.45) is -3.49. The second kappa shape index (κ2) is 9.04. The molecule has 4 unspecified atom stereocenters. The molecule has 3 rings (SSSR count). The van der Waals surface area contributed by atoms with Crippen LogP contribution in [0.1, 0.15) is 20.1 Å². The fraction of sp³-hybridized carbons (Fsp3) is 0.588. The van der Waals surface area contributed by atoms with Crippen LogP contribution in [0, 0.1) is 0 Å². The maximum Gasteiger partial charge on any atom is 0.509 e. The second-order valence-electron chi connectivity index (χ2n) is 7.04. The summed E-state index contributed by atoms with van der Waals surface area (Å²) in [6, 6.07) is 0. The van der Waals surface area contributed by atoms with Gasteiger partial charge < -0.3 is 29.3 Å². The van der Waals surface area contributed by atoms with Gasteiger partial charge in [-0.2, -0.15) is 4.98 Å². The van der Waals surface area contributed by atoms with Crippen LogP contribution < -0.4 is 4.87 Å². The molecule has 0 bridgehead atoms. The van der Waals surface area contributed by atoms with Crippen LogP contribution in [0.2, 0.25) is 0 Å². The van der Waals surface area contributed by atoms with Gasteiger partial charge >= 0.3 is 11.0 Å². The van der Waals surface area contributed by atoms with Crippen LogP contribution >= 0.6 is 11.3 Å². The van der Waals surface area contributed by atoms with Gasteiger partial charge in [0, 0.05) is 14.1 Å². The molecule has 0 aliphatic carbocycles. The molecule has 1 saturated heterocycles. The number of aliphatic hydroxyl groups excluding tert-OH is 2. The number of thiazole rings is 1. The molecular formula is C17H23N5O7S. The van der Waals surface area contributed by atoms with Crippen molar-refractivity contribution in [2.75, 3.05) is 20.7 Å². The minimum Gasteiger partial charge on any atom is -0.432 e. The first-order chi connectivity index (χ1) is 14.2. The van der Waals surface area contributed by atoms with E-state index in [4.69, 9.17) is 14.2 Å². The van der Waals surface area contributed by atoms with Crippen molar-refractivity contribution in [3.8, 4) is 0 Å². The quantitative estimate of drug-likeness (QED) is 0.363. The smallest absolute Gasteiger partial charge is 0.432 e. The molecule has 1 fully saturated rings. The molecular weight excluding hydrogens is 418 g/mol. The van der Waals surface area contributed by atoms with Gasteiger partial charge in [-0.15, -0.1) is 0 Å². The third-order valence-electron chi connectivity index (χ3n) is 4.06. The summed E-state index contributed by atoms with van der Waals surface area (Å²) in [5.74, 6) is 0.108. The van der Waals surface area contributed by atoms with Crippen LogP contribution in [-0.2, 0) is 14.2 Å². The van der Waals surface area contributed by atoms with Crippen LogP contribution in [0.4, 0.5) is 10.7 Å². The Hall–Kier alpha value is -2.61. The molecule has 12 nitrogen and oxygen atoms in total. The van der Waals surface area contributed by atoms with Crippen LogP contribution in [-0.4, -0.2) is 87.3 Å². The molecule has 2 aromatic heterocycles. The van der Waals surface area contributed by atoms with E-state index in [2.05, 4.69) is 15.0 Å². The molecule has 13 heteroatoms. The van der Waals surface area contributed by atoms with E-state index in [1.165, 1.54) is 12.5 Å². The fourth-order valence-electron chi connectivity index (χ4n) is 2.82. The van der Waals surface area contributed by atoms with Crippen molar-refractivity contribution in [2.24, 2.45) is 4.99 Å². The first-order valence-electron chi connectivity index (χ1n) is 9.11. The number of aromatic nitrogens is 3. The highest BCUT2D eigenvalue weighted by molar-refractivity contribution is 7.16. The van der Waals surface area contributed by atoms with Gasteiger partial charge in [-0.05, 0) is 13.8 Å². The Kier molecular flexibility index (Phi) is 6.65. The molecule has 4 atom stereocenters. The summed E-state index contributed by atoms with van der Waals surface area (Å²) < 4.78 is 17.4. The van der Waals surface area contributed by atoms with Crippen molar-refractivity contribution in [3.05, 3.63) is 15.9 Å². The number of ether oxygens (including phenoxy) is 3. The van der Waals surface area contributed by atoms with E-state index in [-0.39, 0.29) is 11.6 Å². The lowest BCUT2D eigenvalue weighted by molar-refractivity contribution is -0.0673. The highest BCUT2D eigenvalue weighted by atomic mass is 32.1. The topological polar surface area (TPSA) is 149 Å². The highest BCUT2D eigenvalue weighted by Gasteiger charge is 2.48. The maximum absolute atomic E-state index is 12.7. The third-order valence-corrected chi connectivity index (χ3v) is 4.94. The predicted octanol–water partition coefficient (Wildman–Crippen LogP) is 0.255. The average molecular weight is 441 g/mol. The van der Waals surface area contributed by atoms with Crippen LogP contribution in [0.25, 0.3) is 10.3 Å². The molecule has 2 N–H and O–H groups in total. The van der Waals surface area contributed by atoms with Gasteiger partial charge in [-0.25, -0.2) is 14.8 Å². The molecule has 3 heterocycles. The number of carbonyl (C=O) groups excluding carboxylic acids is 1. The van der Waals surface area contributed by atoms with E-state index < -0.39 is 48.3 Å². The summed E-state index contributed by atoms with van der Waals surface area (Å²) in [4.78, 5) is 38.4. The van der Waals surface area contributed by atoms with Crippen molar-refractivity contribution >= 4 is 40.1 Å². The van der Waals surface area contributed by atoms with E-state index in [1.54, 1.807) is 32.8 Å². The number of hydrogen-bond donors (Lipinski definition) is 2. The number of nitrogens with zero attached hydrogens (tertiary/aromatic N) is 5. The zero-order valence-electron chi connectivity index (χ0n) is 16.8. The van der Waals surface area contributed by atoms with Crippen molar-refractivity contribution in [2.45, 2.75) is 44.5 Å². The number of rotatable bonds is 6. The Morgan fingerprint density at radius 3 is 2.87 bits per heavy atom. The van der Waals surface area contributed by atoms with E-state index in [1.807, 2.05) is 0 Å². The van der Waals surface area contributed by atoms with Gasteiger partial charge in [0.15, 0.2) is 18.0 Å². The SMILES string of the molecule is CC(C)OC(=O)OC1C(O)C(CO)OC1n1c(=O)sc2cnc(N=CN(C)C)nc21. The second-order valence-corrected chi connectivity index (χ2v) is 8.03. The van der Waals surface area contributed by atoms with Crippen LogP contribution in [0.5, 0.6) is 0 Å². The van der Waals surface area contributed by atoms with Gasteiger partial charge in [0.05, 0.1) is 29.9 Å². The van der Waals surface area contributed by atoms with E-state index >= 15 is 0 Å². The number of hydrogen-bond acceptors (Lipinski definition) is 11. The van der Waals surface area contributed by atoms with Crippen LogP contribution in [0.15, 0.2) is 16.0 Å². The third kappa shape index (κ3) is 4.59. The molecule has 30 heavy (non-hydrogen) atoms. The molecule has 164 valence electrons. The standard InChI is InChI=1S/C17H23N5O7S/c1-8(2)27-17(26)29-12-11(24)9(6-23)28-14(12)22-13-10(30-16(22)25)5-18-15(20-13)19-7-21(3)4/h5,7-9,11-12,14,23-24H,6H2,1-4H3. The Labute approximate surface area is 175 Å². The minimum atomic E-state index is -1.38. The normalized spacial score (nSPS) is 24.1. The summed E-state index contributed by atoms with van der Waals surface area (Å²) in [5.41, 5.74) is 0.201. The fourth-order valence-corrected chi connectivity index (χ4v) is 3.63. The van der Waals surface area contributed by atoms with E-state index in [9.17, 15) is 19.8 Å². The predicted molar refractivity (Wildman–Crippen MR) is 107 cm³/mol. The zero-order valence-corrected chi connectivity index (χ0v) is 17.6. The Bertz CT molecular complexity index is 989. The Balaban J connectivity index is 2.02. The largest absolute Gasteiger partial charge is 0.509 e. The van der Waals surface area contributed by atoms with E-state index in [0.29, 0.717) is 4.70 Å².